The molecule has 4 heteroatoms. The molecular weight excluding hydrogens is 374 g/mol. The van der Waals surface area contributed by atoms with E-state index in [9.17, 15) is 0 Å². The fraction of sp³-hybridized carbons (Fsp3) is 0.300. The molecule has 1 heterocycles. The van der Waals surface area contributed by atoms with Gasteiger partial charge in [0.05, 0.1) is 4.48 Å². The predicted octanol–water partition coefficient (Wildman–Crippen LogP) is 0.183. The highest BCUT2D eigenvalue weighted by Crippen LogP contribution is 2.07. The van der Waals surface area contributed by atoms with Crippen LogP contribution in [0, 0.1) is 13.8 Å². The quantitative estimate of drug-likeness (QED) is 0.505. The Kier molecular flexibility index (Phi) is 6.91. The molecule has 14 heavy (non-hydrogen) atoms. The van der Waals surface area contributed by atoms with Crippen molar-refractivity contribution in [2.75, 3.05) is 5.33 Å². The van der Waals surface area contributed by atoms with Crippen molar-refractivity contribution in [2.45, 2.75) is 13.8 Å². The number of hydrogen-bond donors (Lipinski definition) is 0. The van der Waals surface area contributed by atoms with Crippen LogP contribution in [0.15, 0.2) is 22.9 Å². The lowest BCUT2D eigenvalue weighted by atomic mass is 10.2. The summed E-state index contributed by atoms with van der Waals surface area (Å²) in [5.41, 5.74) is 2.54. The average molecular weight is 386 g/mol. The number of hydrogen-bond acceptors (Lipinski definition) is 0. The standard InChI is InChI=1S/C10H12Br2N.BrH/c1-8-3-9(2)6-13(5-8)7-10(12)4-11;/h3,5-7H,4H2,1-2H3;1H/q+1;/p-1. The molecule has 0 saturated heterocycles. The molecule has 78 valence electrons. The van der Waals surface area contributed by atoms with E-state index < -0.39 is 0 Å². The number of allylic oxidation sites excluding steroid dienone is 1. The van der Waals surface area contributed by atoms with Gasteiger partial charge >= 0.3 is 0 Å². The second kappa shape index (κ2) is 6.75. The second-order valence-corrected chi connectivity index (χ2v) is 4.63. The van der Waals surface area contributed by atoms with Gasteiger partial charge in [-0.05, 0) is 35.8 Å². The van der Waals surface area contributed by atoms with Crippen molar-refractivity contribution in [2.24, 2.45) is 0 Å². The van der Waals surface area contributed by atoms with Crippen molar-refractivity contribution in [1.82, 2.24) is 0 Å². The van der Waals surface area contributed by atoms with Crippen molar-refractivity contribution in [3.8, 4) is 0 Å². The summed E-state index contributed by atoms with van der Waals surface area (Å²) >= 11 is 6.84. The number of pyridine rings is 1. The molecule has 1 nitrogen and oxygen atoms in total. The maximum Gasteiger partial charge on any atom is 0.185 e. The van der Waals surface area contributed by atoms with E-state index in [4.69, 9.17) is 0 Å². The minimum absolute atomic E-state index is 0. The van der Waals surface area contributed by atoms with Gasteiger partial charge in [-0.15, -0.1) is 0 Å². The third kappa shape index (κ3) is 4.71. The zero-order valence-electron chi connectivity index (χ0n) is 8.10. The molecule has 0 fully saturated rings. The smallest absolute Gasteiger partial charge is 0.185 e. The van der Waals surface area contributed by atoms with Gasteiger partial charge in [0.25, 0.3) is 0 Å². The molecule has 0 bridgehead atoms. The lowest BCUT2D eigenvalue weighted by Gasteiger charge is -1.94. The Labute approximate surface area is 112 Å². The normalized spacial score (nSPS) is 11.0. The summed E-state index contributed by atoms with van der Waals surface area (Å²) in [6.45, 7) is 4.19. The molecule has 1 aromatic heterocycles. The van der Waals surface area contributed by atoms with E-state index in [2.05, 4.69) is 74.9 Å². The maximum atomic E-state index is 3.46. The van der Waals surface area contributed by atoms with Gasteiger partial charge in [-0.1, -0.05) is 15.9 Å². The van der Waals surface area contributed by atoms with Crippen LogP contribution in [0.25, 0.3) is 6.20 Å². The van der Waals surface area contributed by atoms with Crippen molar-refractivity contribution in [1.29, 1.82) is 0 Å². The van der Waals surface area contributed by atoms with Crippen molar-refractivity contribution in [3.05, 3.63) is 34.1 Å². The number of aryl methyl sites for hydroxylation is 2. The molecule has 0 aliphatic heterocycles. The van der Waals surface area contributed by atoms with Gasteiger partial charge in [0.2, 0.25) is 0 Å². The average Bonchev–Trinajstić information content (AvgIpc) is 2.02. The third-order valence-electron chi connectivity index (χ3n) is 1.58. The highest BCUT2D eigenvalue weighted by atomic mass is 79.9. The summed E-state index contributed by atoms with van der Waals surface area (Å²) < 4.78 is 3.19. The molecule has 0 unspecified atom stereocenters. The van der Waals surface area contributed by atoms with E-state index in [0.29, 0.717) is 0 Å². The first-order valence-corrected chi connectivity index (χ1v) is 5.94. The molecule has 0 aromatic carbocycles. The second-order valence-electron chi connectivity index (χ2n) is 3.05. The van der Waals surface area contributed by atoms with Crippen LogP contribution in [0.1, 0.15) is 11.1 Å². The molecule has 1 aromatic rings. The minimum atomic E-state index is 0. The maximum absolute atomic E-state index is 3.46. The van der Waals surface area contributed by atoms with Crippen LogP contribution in [0.4, 0.5) is 0 Å². The first-order chi connectivity index (χ1) is 6.11. The summed E-state index contributed by atoms with van der Waals surface area (Å²) in [6, 6.07) is 2.16. The number of halogens is 3. The summed E-state index contributed by atoms with van der Waals surface area (Å²) in [5.74, 6) is 0. The van der Waals surface area contributed by atoms with Gasteiger partial charge in [-0.2, -0.15) is 4.57 Å². The molecule has 1 rings (SSSR count). The molecule has 0 amide bonds. The molecule has 0 atom stereocenters. The van der Waals surface area contributed by atoms with Crippen LogP contribution in [0.3, 0.4) is 0 Å². The Bertz CT molecular complexity index is 314. The monoisotopic (exact) mass is 383 g/mol. The largest absolute Gasteiger partial charge is 1.00 e. The van der Waals surface area contributed by atoms with E-state index in [1.807, 2.05) is 0 Å². The van der Waals surface area contributed by atoms with Gasteiger partial charge in [-0.25, -0.2) is 0 Å². The number of nitrogens with zero attached hydrogens (tertiary/aromatic N) is 1. The summed E-state index contributed by atoms with van der Waals surface area (Å²) in [5, 5.41) is 0.840. The van der Waals surface area contributed by atoms with Gasteiger partial charge in [0, 0.05) is 16.5 Å². The van der Waals surface area contributed by atoms with Crippen molar-refractivity contribution < 1.29 is 21.5 Å². The SMILES string of the molecule is Cc1cc(C)c[n+](C=C(Br)CBr)c1.[Br-]. The van der Waals surface area contributed by atoms with Crippen LogP contribution < -0.4 is 21.5 Å². The van der Waals surface area contributed by atoms with E-state index in [1.165, 1.54) is 11.1 Å². The van der Waals surface area contributed by atoms with Crippen LogP contribution in [-0.4, -0.2) is 5.33 Å². The lowest BCUT2D eigenvalue weighted by Crippen LogP contribution is -3.00. The lowest BCUT2D eigenvalue weighted by molar-refractivity contribution is -0.569. The Hall–Kier alpha value is 0.330. The van der Waals surface area contributed by atoms with Crippen molar-refractivity contribution in [3.63, 3.8) is 0 Å². The van der Waals surface area contributed by atoms with E-state index in [0.717, 1.165) is 9.81 Å². The Morgan fingerprint density at radius 1 is 1.36 bits per heavy atom. The Balaban J connectivity index is 0.00000169. The van der Waals surface area contributed by atoms with E-state index in [1.54, 1.807) is 0 Å². The van der Waals surface area contributed by atoms with Crippen LogP contribution in [-0.2, 0) is 0 Å². The Morgan fingerprint density at radius 3 is 2.29 bits per heavy atom. The third-order valence-corrected chi connectivity index (χ3v) is 3.42. The van der Waals surface area contributed by atoms with E-state index in [-0.39, 0.29) is 17.0 Å². The van der Waals surface area contributed by atoms with Gasteiger partial charge < -0.3 is 17.0 Å². The fourth-order valence-electron chi connectivity index (χ4n) is 1.21. The zero-order valence-corrected chi connectivity index (χ0v) is 12.9. The van der Waals surface area contributed by atoms with Gasteiger partial charge in [-0.3, -0.25) is 0 Å². The summed E-state index contributed by atoms with van der Waals surface area (Å²) in [6.07, 6.45) is 6.24. The van der Waals surface area contributed by atoms with Gasteiger partial charge in [0.1, 0.15) is 0 Å². The van der Waals surface area contributed by atoms with Crippen molar-refractivity contribution >= 4 is 38.1 Å². The molecule has 0 radical (unpaired) electrons. The zero-order chi connectivity index (χ0) is 9.84. The van der Waals surface area contributed by atoms with Gasteiger partial charge in [0.15, 0.2) is 18.6 Å². The summed E-state index contributed by atoms with van der Waals surface area (Å²) in [7, 11) is 0. The highest BCUT2D eigenvalue weighted by molar-refractivity contribution is 9.13. The Morgan fingerprint density at radius 2 is 1.86 bits per heavy atom. The minimum Gasteiger partial charge on any atom is -1.00 e. The molecular formula is C10H12Br3N. The number of alkyl halides is 1. The number of rotatable bonds is 2. The van der Waals surface area contributed by atoms with E-state index >= 15 is 0 Å². The molecule has 0 aliphatic rings. The fourth-order valence-corrected chi connectivity index (χ4v) is 1.59. The van der Waals surface area contributed by atoms with Crippen LogP contribution in [0.5, 0.6) is 0 Å². The molecule has 0 saturated carbocycles. The van der Waals surface area contributed by atoms with Crippen LogP contribution in [0.2, 0.25) is 0 Å². The van der Waals surface area contributed by atoms with Crippen LogP contribution >= 0.6 is 31.9 Å². The first kappa shape index (κ1) is 14.3. The topological polar surface area (TPSA) is 3.88 Å². The summed E-state index contributed by atoms with van der Waals surface area (Å²) in [4.78, 5) is 0. The molecule has 0 N–H and O–H groups in total. The number of aromatic nitrogens is 1. The highest BCUT2D eigenvalue weighted by Gasteiger charge is 2.01. The predicted molar refractivity (Wildman–Crippen MR) is 63.1 cm³/mol. The molecule has 0 aliphatic carbocycles. The molecule has 0 spiro atoms. The first-order valence-electron chi connectivity index (χ1n) is 4.03.